The molecule has 3 N–H and O–H groups in total. The number of carboxylic acid groups (broad SMARTS) is 1. The SMILES string of the molecule is CC(N)CCc1ncc(F)cc1C1CC(C)CN1c1ccn2ncc(C(=O)O)c2n1. The molecule has 9 heteroatoms. The highest BCUT2D eigenvalue weighted by Gasteiger charge is 2.34. The van der Waals surface area contributed by atoms with Gasteiger partial charge in [-0.2, -0.15) is 5.10 Å². The first-order valence-corrected chi connectivity index (χ1v) is 10.1. The summed E-state index contributed by atoms with van der Waals surface area (Å²) >= 11 is 0. The van der Waals surface area contributed by atoms with Crippen LogP contribution in [0.3, 0.4) is 0 Å². The van der Waals surface area contributed by atoms with E-state index < -0.39 is 5.97 Å². The third-order valence-corrected chi connectivity index (χ3v) is 5.56. The summed E-state index contributed by atoms with van der Waals surface area (Å²) in [5, 5.41) is 13.5. The maximum Gasteiger partial charge on any atom is 0.341 e. The highest BCUT2D eigenvalue weighted by atomic mass is 19.1. The van der Waals surface area contributed by atoms with Gasteiger partial charge in [0.2, 0.25) is 0 Å². The number of carboxylic acids is 1. The zero-order chi connectivity index (χ0) is 21.4. The number of nitrogens with zero attached hydrogens (tertiary/aromatic N) is 5. The number of anilines is 1. The Morgan fingerprint density at radius 3 is 2.97 bits per heavy atom. The van der Waals surface area contributed by atoms with Gasteiger partial charge in [-0.1, -0.05) is 6.92 Å². The Kier molecular flexibility index (Phi) is 5.38. The normalized spacial score (nSPS) is 20.1. The molecule has 8 nitrogen and oxygen atoms in total. The van der Waals surface area contributed by atoms with Crippen molar-refractivity contribution in [1.82, 2.24) is 19.6 Å². The summed E-state index contributed by atoms with van der Waals surface area (Å²) in [4.78, 5) is 22.5. The van der Waals surface area contributed by atoms with Crippen LogP contribution in [0.1, 0.15) is 54.3 Å². The van der Waals surface area contributed by atoms with Gasteiger partial charge < -0.3 is 15.7 Å². The predicted molar refractivity (Wildman–Crippen MR) is 110 cm³/mol. The molecule has 0 spiro atoms. The van der Waals surface area contributed by atoms with Crippen molar-refractivity contribution in [3.05, 3.63) is 53.4 Å². The minimum absolute atomic E-state index is 0.0312. The van der Waals surface area contributed by atoms with Crippen molar-refractivity contribution in [2.45, 2.75) is 45.2 Å². The largest absolute Gasteiger partial charge is 0.477 e. The van der Waals surface area contributed by atoms with Crippen LogP contribution in [0.5, 0.6) is 0 Å². The Labute approximate surface area is 173 Å². The highest BCUT2D eigenvalue weighted by Crippen LogP contribution is 2.39. The molecule has 1 fully saturated rings. The molecule has 3 aromatic heterocycles. The fourth-order valence-corrected chi connectivity index (χ4v) is 4.11. The van der Waals surface area contributed by atoms with E-state index in [0.717, 1.165) is 30.6 Å². The monoisotopic (exact) mass is 412 g/mol. The van der Waals surface area contributed by atoms with Crippen molar-refractivity contribution in [1.29, 1.82) is 0 Å². The second-order valence-corrected chi connectivity index (χ2v) is 8.13. The van der Waals surface area contributed by atoms with E-state index in [1.807, 2.05) is 13.0 Å². The molecule has 0 saturated carbocycles. The van der Waals surface area contributed by atoms with E-state index in [0.29, 0.717) is 18.2 Å². The highest BCUT2D eigenvalue weighted by molar-refractivity contribution is 5.94. The van der Waals surface area contributed by atoms with E-state index in [-0.39, 0.29) is 29.1 Å². The van der Waals surface area contributed by atoms with Crippen LogP contribution in [-0.2, 0) is 6.42 Å². The number of aromatic nitrogens is 4. The van der Waals surface area contributed by atoms with Crippen LogP contribution in [0.2, 0.25) is 0 Å². The zero-order valence-corrected chi connectivity index (χ0v) is 17.0. The lowest BCUT2D eigenvalue weighted by molar-refractivity contribution is 0.0698. The molecule has 3 aromatic rings. The molecule has 3 atom stereocenters. The third-order valence-electron chi connectivity index (χ3n) is 5.56. The van der Waals surface area contributed by atoms with E-state index in [1.165, 1.54) is 16.9 Å². The maximum atomic E-state index is 14.1. The first-order valence-electron chi connectivity index (χ1n) is 10.1. The van der Waals surface area contributed by atoms with Crippen molar-refractivity contribution < 1.29 is 14.3 Å². The fourth-order valence-electron chi connectivity index (χ4n) is 4.11. The fraction of sp³-hybridized carbons (Fsp3) is 0.429. The first-order chi connectivity index (χ1) is 14.3. The van der Waals surface area contributed by atoms with Crippen molar-refractivity contribution in [3.63, 3.8) is 0 Å². The van der Waals surface area contributed by atoms with Crippen molar-refractivity contribution in [2.24, 2.45) is 11.7 Å². The van der Waals surface area contributed by atoms with E-state index >= 15 is 0 Å². The van der Waals surface area contributed by atoms with Crippen LogP contribution < -0.4 is 10.6 Å². The molecule has 3 unspecified atom stereocenters. The van der Waals surface area contributed by atoms with Gasteiger partial charge >= 0.3 is 5.97 Å². The van der Waals surface area contributed by atoms with Gasteiger partial charge in [0, 0.05) is 24.5 Å². The topological polar surface area (TPSA) is 110 Å². The molecular weight excluding hydrogens is 387 g/mol. The van der Waals surface area contributed by atoms with E-state index in [2.05, 4.69) is 26.9 Å². The number of hydrogen-bond donors (Lipinski definition) is 2. The van der Waals surface area contributed by atoms with Gasteiger partial charge in [-0.25, -0.2) is 18.7 Å². The Hall–Kier alpha value is -3.07. The van der Waals surface area contributed by atoms with Crippen LogP contribution >= 0.6 is 0 Å². The van der Waals surface area contributed by atoms with Gasteiger partial charge in [0.05, 0.1) is 18.4 Å². The van der Waals surface area contributed by atoms with Crippen molar-refractivity contribution in [3.8, 4) is 0 Å². The van der Waals surface area contributed by atoms with Crippen LogP contribution in [0.25, 0.3) is 5.65 Å². The van der Waals surface area contributed by atoms with Gasteiger partial charge in [-0.15, -0.1) is 0 Å². The summed E-state index contributed by atoms with van der Waals surface area (Å²) in [6.07, 6.45) is 6.50. The molecule has 4 rings (SSSR count). The number of hydrogen-bond acceptors (Lipinski definition) is 6. The summed E-state index contributed by atoms with van der Waals surface area (Å²) in [5.74, 6) is -0.446. The average molecular weight is 412 g/mol. The van der Waals surface area contributed by atoms with Gasteiger partial charge in [-0.3, -0.25) is 4.98 Å². The number of rotatable bonds is 6. The van der Waals surface area contributed by atoms with Crippen LogP contribution in [-0.4, -0.2) is 43.2 Å². The molecule has 1 aliphatic heterocycles. The summed E-state index contributed by atoms with van der Waals surface area (Å²) in [6.45, 7) is 4.81. The summed E-state index contributed by atoms with van der Waals surface area (Å²) < 4.78 is 15.6. The smallest absolute Gasteiger partial charge is 0.341 e. The Bertz CT molecular complexity index is 1080. The molecule has 1 saturated heterocycles. The molecule has 0 radical (unpaired) electrons. The van der Waals surface area contributed by atoms with Crippen LogP contribution in [0, 0.1) is 11.7 Å². The number of fused-ring (bicyclic) bond motifs is 1. The second kappa shape index (κ2) is 7.98. The Morgan fingerprint density at radius 2 is 2.23 bits per heavy atom. The number of nitrogens with two attached hydrogens (primary N) is 1. The molecule has 30 heavy (non-hydrogen) atoms. The lowest BCUT2D eigenvalue weighted by atomic mass is 9.96. The number of pyridine rings is 1. The lowest BCUT2D eigenvalue weighted by Gasteiger charge is -2.27. The zero-order valence-electron chi connectivity index (χ0n) is 17.0. The summed E-state index contributed by atoms with van der Waals surface area (Å²) in [5.41, 5.74) is 7.93. The number of halogens is 1. The minimum atomic E-state index is -1.08. The molecule has 0 bridgehead atoms. The quantitative estimate of drug-likeness (QED) is 0.641. The second-order valence-electron chi connectivity index (χ2n) is 8.13. The van der Waals surface area contributed by atoms with Crippen LogP contribution in [0.4, 0.5) is 10.2 Å². The van der Waals surface area contributed by atoms with Gasteiger partial charge in [-0.05, 0) is 49.8 Å². The number of carbonyl (C=O) groups is 1. The molecule has 158 valence electrons. The van der Waals surface area contributed by atoms with Crippen LogP contribution in [0.15, 0.2) is 30.7 Å². The van der Waals surface area contributed by atoms with E-state index in [1.54, 1.807) is 12.3 Å². The van der Waals surface area contributed by atoms with Gasteiger partial charge in [0.1, 0.15) is 17.2 Å². The molecule has 0 aromatic carbocycles. The molecule has 0 amide bonds. The van der Waals surface area contributed by atoms with Gasteiger partial charge in [0.15, 0.2) is 5.65 Å². The lowest BCUT2D eigenvalue weighted by Crippen LogP contribution is -2.26. The predicted octanol–water partition coefficient (Wildman–Crippen LogP) is 2.83. The maximum absolute atomic E-state index is 14.1. The van der Waals surface area contributed by atoms with Gasteiger partial charge in [0.25, 0.3) is 0 Å². The van der Waals surface area contributed by atoms with Crippen molar-refractivity contribution >= 4 is 17.4 Å². The van der Waals surface area contributed by atoms with E-state index in [4.69, 9.17) is 5.73 Å². The number of aryl methyl sites for hydroxylation is 1. The minimum Gasteiger partial charge on any atom is -0.477 e. The summed E-state index contributed by atoms with van der Waals surface area (Å²) in [6, 6.07) is 3.30. The average Bonchev–Trinajstić information content (AvgIpc) is 3.29. The number of aromatic carboxylic acids is 1. The summed E-state index contributed by atoms with van der Waals surface area (Å²) in [7, 11) is 0. The van der Waals surface area contributed by atoms with E-state index in [9.17, 15) is 14.3 Å². The molecule has 0 aliphatic carbocycles. The molecule has 1 aliphatic rings. The first kappa shape index (κ1) is 20.2. The Morgan fingerprint density at radius 1 is 1.43 bits per heavy atom. The third kappa shape index (κ3) is 3.85. The van der Waals surface area contributed by atoms with Crippen molar-refractivity contribution in [2.75, 3.05) is 11.4 Å². The molecule has 4 heterocycles. The standard InChI is InChI=1S/C21H25FN6O2/c1-12-7-18(15-8-14(22)9-24-17(15)4-3-13(2)23)27(11-12)19-5-6-28-20(26-19)16(10-25-28)21(29)30/h5-6,8-10,12-13,18H,3-4,7,11,23H2,1-2H3,(H,29,30). The molecular formula is C21H25FN6O2. The Balaban J connectivity index is 1.75.